The first-order chi connectivity index (χ1) is 17.0. The number of amides is 1. The second-order valence-electron chi connectivity index (χ2n) is 8.60. The van der Waals surface area contributed by atoms with Crippen LogP contribution in [0.25, 0.3) is 17.1 Å². The predicted molar refractivity (Wildman–Crippen MR) is 137 cm³/mol. The number of benzene rings is 2. The molecule has 1 amide bonds. The Balaban J connectivity index is 1.47. The summed E-state index contributed by atoms with van der Waals surface area (Å²) in [5.74, 6) is 1.07. The van der Waals surface area contributed by atoms with Gasteiger partial charge in [-0.3, -0.25) is 9.59 Å². The number of nitrogens with one attached hydrogen (secondary N) is 1. The Labute approximate surface area is 207 Å². The summed E-state index contributed by atoms with van der Waals surface area (Å²) in [6, 6.07) is 15.1. The van der Waals surface area contributed by atoms with Gasteiger partial charge in [-0.05, 0) is 56.0 Å². The molecule has 2 aromatic carbocycles. The van der Waals surface area contributed by atoms with Gasteiger partial charge in [-0.1, -0.05) is 42.4 Å². The molecular formula is C26H27N5O3S. The fraction of sp³-hybridized carbons (Fsp3) is 0.308. The van der Waals surface area contributed by atoms with E-state index in [0.29, 0.717) is 33.7 Å². The van der Waals surface area contributed by atoms with Gasteiger partial charge >= 0.3 is 0 Å². The third-order valence-electron chi connectivity index (χ3n) is 6.13. The van der Waals surface area contributed by atoms with Crippen molar-refractivity contribution in [2.24, 2.45) is 0 Å². The number of rotatable bonds is 6. The van der Waals surface area contributed by atoms with Gasteiger partial charge in [-0.15, -0.1) is 5.10 Å². The molecule has 0 saturated heterocycles. The molecule has 0 saturated carbocycles. The lowest BCUT2D eigenvalue weighted by Gasteiger charge is -2.17. The molecule has 35 heavy (non-hydrogen) atoms. The number of thioether (sulfide) groups is 1. The van der Waals surface area contributed by atoms with Crippen LogP contribution in [0.1, 0.15) is 30.5 Å². The smallest absolute Gasteiger partial charge is 0.284 e. The lowest BCUT2D eigenvalue weighted by molar-refractivity contribution is -0.113. The maximum atomic E-state index is 13.3. The van der Waals surface area contributed by atoms with Gasteiger partial charge in [0.2, 0.25) is 5.91 Å². The van der Waals surface area contributed by atoms with Crippen LogP contribution >= 0.6 is 11.8 Å². The molecule has 2 aromatic rings. The van der Waals surface area contributed by atoms with Crippen LogP contribution < -0.4 is 15.6 Å². The molecule has 8 nitrogen and oxygen atoms in total. The Morgan fingerprint density at radius 3 is 2.77 bits per heavy atom. The van der Waals surface area contributed by atoms with Crippen molar-refractivity contribution in [2.45, 2.75) is 44.3 Å². The van der Waals surface area contributed by atoms with E-state index in [1.54, 1.807) is 7.11 Å². The van der Waals surface area contributed by atoms with Crippen LogP contribution in [0.3, 0.4) is 0 Å². The summed E-state index contributed by atoms with van der Waals surface area (Å²) in [5.41, 5.74) is 3.78. The zero-order valence-electron chi connectivity index (χ0n) is 19.8. The molecule has 9 heteroatoms. The van der Waals surface area contributed by atoms with Crippen LogP contribution in [0.15, 0.2) is 58.5 Å². The maximum Gasteiger partial charge on any atom is 0.284 e. The Morgan fingerprint density at radius 1 is 1.14 bits per heavy atom. The van der Waals surface area contributed by atoms with Gasteiger partial charge in [0.15, 0.2) is 11.0 Å². The normalized spacial score (nSPS) is 13.3. The zero-order chi connectivity index (χ0) is 24.4. The van der Waals surface area contributed by atoms with Gasteiger partial charge < -0.3 is 14.6 Å². The van der Waals surface area contributed by atoms with Gasteiger partial charge in [0, 0.05) is 12.2 Å². The Kier molecular flexibility index (Phi) is 6.59. The third kappa shape index (κ3) is 4.68. The number of para-hydroxylation sites is 1. The average Bonchev–Trinajstić information content (AvgIpc) is 3.02. The highest BCUT2D eigenvalue weighted by Gasteiger charge is 2.27. The summed E-state index contributed by atoms with van der Waals surface area (Å²) in [6.45, 7) is 2.73. The van der Waals surface area contributed by atoms with Crippen molar-refractivity contribution in [1.29, 1.82) is 0 Å². The second kappa shape index (κ2) is 9.95. The molecule has 3 aliphatic heterocycles. The number of fused-ring (bicyclic) bond motifs is 3. The number of hydrogen-bond donors (Lipinski definition) is 1. The standard InChI is InChI=1S/C26H27N5O3S/c1-17-12-13-21(34-2)19(15-17)27-22(32)16-35-26-28-24-23(20-11-7-4-8-14-30(20)26)25(33)31(29-24)18-9-5-3-6-10-18/h3,5-6,9-10,12-13,15H,4,7-8,11,14,16H2,1-2H3,(H,27,32). The molecule has 3 heterocycles. The minimum absolute atomic E-state index is 0.148. The van der Waals surface area contributed by atoms with Gasteiger partial charge in [0.25, 0.3) is 5.56 Å². The minimum Gasteiger partial charge on any atom is -0.495 e. The first kappa shape index (κ1) is 23.2. The van der Waals surface area contributed by atoms with Gasteiger partial charge in [-0.2, -0.15) is 4.68 Å². The van der Waals surface area contributed by atoms with E-state index in [1.165, 1.54) is 16.4 Å². The van der Waals surface area contributed by atoms with E-state index in [1.807, 2.05) is 55.5 Å². The molecule has 0 aromatic heterocycles. The quantitative estimate of drug-likeness (QED) is 0.321. The van der Waals surface area contributed by atoms with E-state index in [2.05, 4.69) is 15.0 Å². The van der Waals surface area contributed by atoms with E-state index >= 15 is 0 Å². The first-order valence-corrected chi connectivity index (χ1v) is 12.7. The van der Waals surface area contributed by atoms with E-state index < -0.39 is 0 Å². The molecule has 0 aliphatic carbocycles. The van der Waals surface area contributed by atoms with Crippen LogP contribution in [0.5, 0.6) is 5.75 Å². The van der Waals surface area contributed by atoms with Gasteiger partial charge in [-0.25, -0.2) is 4.98 Å². The molecule has 0 unspecified atom stereocenters. The Morgan fingerprint density at radius 2 is 1.97 bits per heavy atom. The molecule has 0 radical (unpaired) electrons. The Bertz CT molecular complexity index is 1400. The largest absolute Gasteiger partial charge is 0.495 e. The van der Waals surface area contributed by atoms with Crippen molar-refractivity contribution in [1.82, 2.24) is 19.3 Å². The number of ether oxygens (including phenoxy) is 1. The predicted octanol–water partition coefficient (Wildman–Crippen LogP) is 4.31. The van der Waals surface area contributed by atoms with E-state index in [9.17, 15) is 9.59 Å². The van der Waals surface area contributed by atoms with Crippen molar-refractivity contribution in [2.75, 3.05) is 18.2 Å². The average molecular weight is 490 g/mol. The third-order valence-corrected chi connectivity index (χ3v) is 7.11. The number of methoxy groups -OCH3 is 1. The molecule has 180 valence electrons. The first-order valence-electron chi connectivity index (χ1n) is 11.7. The van der Waals surface area contributed by atoms with Crippen molar-refractivity contribution < 1.29 is 9.53 Å². The highest BCUT2D eigenvalue weighted by atomic mass is 32.2. The van der Waals surface area contributed by atoms with E-state index in [0.717, 1.165) is 43.5 Å². The van der Waals surface area contributed by atoms with Crippen molar-refractivity contribution in [3.8, 4) is 22.8 Å². The van der Waals surface area contributed by atoms with Gasteiger partial charge in [0.05, 0.1) is 24.2 Å². The topological polar surface area (TPSA) is 91.0 Å². The summed E-state index contributed by atoms with van der Waals surface area (Å²) in [7, 11) is 1.58. The van der Waals surface area contributed by atoms with Crippen molar-refractivity contribution >= 4 is 23.4 Å². The summed E-state index contributed by atoms with van der Waals surface area (Å²) in [6.07, 6.45) is 3.88. The second-order valence-corrected chi connectivity index (χ2v) is 9.54. The number of hydrogen-bond acceptors (Lipinski definition) is 6. The fourth-order valence-corrected chi connectivity index (χ4v) is 5.28. The fourth-order valence-electron chi connectivity index (χ4n) is 4.44. The highest BCUT2D eigenvalue weighted by molar-refractivity contribution is 7.99. The molecular weight excluding hydrogens is 462 g/mol. The summed E-state index contributed by atoms with van der Waals surface area (Å²) >= 11 is 1.36. The monoisotopic (exact) mass is 489 g/mol. The number of anilines is 1. The summed E-state index contributed by atoms with van der Waals surface area (Å²) in [5, 5.41) is 8.21. The Hall–Kier alpha value is -3.59. The van der Waals surface area contributed by atoms with Crippen LogP contribution in [-0.2, 0) is 17.8 Å². The van der Waals surface area contributed by atoms with E-state index in [-0.39, 0.29) is 17.2 Å². The number of aromatic nitrogens is 4. The van der Waals surface area contributed by atoms with Crippen molar-refractivity contribution in [3.05, 3.63) is 70.1 Å². The SMILES string of the molecule is COc1ccc(C)cc1NC(=O)CSc1nc2nn(-c3ccccc3)c(=O)c-2c2n1CCCCC2. The molecule has 0 atom stereocenters. The lowest BCUT2D eigenvalue weighted by Crippen LogP contribution is -2.20. The van der Waals surface area contributed by atoms with Crippen LogP contribution in [0, 0.1) is 6.92 Å². The maximum absolute atomic E-state index is 13.3. The van der Waals surface area contributed by atoms with Gasteiger partial charge in [0.1, 0.15) is 11.3 Å². The minimum atomic E-state index is -0.150. The summed E-state index contributed by atoms with van der Waals surface area (Å²) in [4.78, 5) is 30.9. The molecule has 1 N–H and O–H groups in total. The molecule has 3 aliphatic rings. The molecule has 0 fully saturated rings. The number of carbonyl (C=O) groups is 1. The molecule has 0 bridgehead atoms. The van der Waals surface area contributed by atoms with E-state index in [4.69, 9.17) is 9.72 Å². The van der Waals surface area contributed by atoms with Crippen molar-refractivity contribution in [3.63, 3.8) is 0 Å². The summed E-state index contributed by atoms with van der Waals surface area (Å²) < 4.78 is 8.91. The number of carbonyl (C=O) groups excluding carboxylic acids is 1. The lowest BCUT2D eigenvalue weighted by atomic mass is 10.1. The zero-order valence-corrected chi connectivity index (χ0v) is 20.6. The molecule has 5 rings (SSSR count). The number of aryl methyl sites for hydroxylation is 1. The van der Waals surface area contributed by atoms with Crippen LogP contribution in [0.4, 0.5) is 5.69 Å². The van der Waals surface area contributed by atoms with Crippen LogP contribution in [-0.4, -0.2) is 38.1 Å². The van der Waals surface area contributed by atoms with Crippen LogP contribution in [0.2, 0.25) is 0 Å². The number of nitrogens with zero attached hydrogens (tertiary/aromatic N) is 4. The highest BCUT2D eigenvalue weighted by Crippen LogP contribution is 2.31. The molecule has 0 spiro atoms.